The van der Waals surface area contributed by atoms with Crippen LogP contribution in [0, 0.1) is 0 Å². The van der Waals surface area contributed by atoms with Gasteiger partial charge in [-0.1, -0.05) is 6.92 Å². The summed E-state index contributed by atoms with van der Waals surface area (Å²) in [5, 5.41) is 3.46. The first kappa shape index (κ1) is 11.8. The summed E-state index contributed by atoms with van der Waals surface area (Å²) in [5.41, 5.74) is 13.0. The zero-order chi connectivity index (χ0) is 12.5. The Morgan fingerprint density at radius 2 is 2.18 bits per heavy atom. The Bertz CT molecular complexity index is 433. The fraction of sp³-hybridized carbons (Fsp3) is 0.462. The maximum absolute atomic E-state index is 11.4. The van der Waals surface area contributed by atoms with Gasteiger partial charge in [-0.05, 0) is 43.9 Å². The molecule has 1 aromatic carbocycles. The maximum atomic E-state index is 11.4. The molecule has 0 radical (unpaired) electrons. The fourth-order valence-electron chi connectivity index (χ4n) is 2.33. The van der Waals surface area contributed by atoms with Crippen molar-refractivity contribution in [2.45, 2.75) is 38.1 Å². The van der Waals surface area contributed by atoms with Gasteiger partial charge in [-0.2, -0.15) is 0 Å². The van der Waals surface area contributed by atoms with Gasteiger partial charge in [0.1, 0.15) is 0 Å². The summed E-state index contributed by atoms with van der Waals surface area (Å²) in [4.78, 5) is 11.4. The van der Waals surface area contributed by atoms with E-state index in [0.29, 0.717) is 11.3 Å². The van der Waals surface area contributed by atoms with Crippen molar-refractivity contribution < 1.29 is 4.79 Å². The minimum Gasteiger partial charge on any atom is -0.399 e. The van der Waals surface area contributed by atoms with Crippen LogP contribution >= 0.6 is 0 Å². The third-order valence-electron chi connectivity index (χ3n) is 3.70. The lowest BCUT2D eigenvalue weighted by Gasteiger charge is -2.43. The first-order valence-corrected chi connectivity index (χ1v) is 6.04. The molecule has 0 saturated heterocycles. The number of amides is 1. The summed E-state index contributed by atoms with van der Waals surface area (Å²) in [6, 6.07) is 5.26. The molecule has 1 aliphatic rings. The first-order chi connectivity index (χ1) is 8.06. The van der Waals surface area contributed by atoms with E-state index in [0.717, 1.165) is 24.9 Å². The van der Waals surface area contributed by atoms with Crippen molar-refractivity contribution in [3.8, 4) is 0 Å². The first-order valence-electron chi connectivity index (χ1n) is 6.04. The number of nitrogens with one attached hydrogen (secondary N) is 1. The summed E-state index contributed by atoms with van der Waals surface area (Å²) < 4.78 is 0. The second kappa shape index (κ2) is 4.28. The average Bonchev–Trinajstić information content (AvgIpc) is 2.25. The summed E-state index contributed by atoms with van der Waals surface area (Å²) >= 11 is 0. The van der Waals surface area contributed by atoms with Crippen molar-refractivity contribution in [3.05, 3.63) is 23.8 Å². The lowest BCUT2D eigenvalue weighted by atomic mass is 9.74. The zero-order valence-electron chi connectivity index (χ0n) is 10.1. The molecule has 4 nitrogen and oxygen atoms in total. The molecule has 1 saturated carbocycles. The van der Waals surface area contributed by atoms with Gasteiger partial charge in [-0.25, -0.2) is 0 Å². The number of hydrogen-bond acceptors (Lipinski definition) is 3. The van der Waals surface area contributed by atoms with Crippen molar-refractivity contribution in [3.63, 3.8) is 0 Å². The largest absolute Gasteiger partial charge is 0.399 e. The van der Waals surface area contributed by atoms with Gasteiger partial charge in [-0.3, -0.25) is 4.79 Å². The van der Waals surface area contributed by atoms with Crippen molar-refractivity contribution >= 4 is 17.3 Å². The Labute approximate surface area is 101 Å². The average molecular weight is 233 g/mol. The zero-order valence-corrected chi connectivity index (χ0v) is 10.1. The molecular weight excluding hydrogens is 214 g/mol. The van der Waals surface area contributed by atoms with Gasteiger partial charge in [0.25, 0.3) is 5.91 Å². The molecule has 5 N–H and O–H groups in total. The minimum atomic E-state index is -0.439. The van der Waals surface area contributed by atoms with Gasteiger partial charge in [0.05, 0.1) is 5.56 Å². The van der Waals surface area contributed by atoms with Crippen molar-refractivity contribution in [1.82, 2.24) is 0 Å². The molecule has 17 heavy (non-hydrogen) atoms. The van der Waals surface area contributed by atoms with E-state index in [1.54, 1.807) is 12.1 Å². The normalized spacial score (nSPS) is 17.2. The number of rotatable bonds is 4. The summed E-state index contributed by atoms with van der Waals surface area (Å²) in [6.07, 6.45) is 4.58. The highest BCUT2D eigenvalue weighted by molar-refractivity contribution is 5.99. The second-order valence-corrected chi connectivity index (χ2v) is 4.78. The summed E-state index contributed by atoms with van der Waals surface area (Å²) in [5.74, 6) is -0.439. The standard InChI is InChI=1S/C13H19N3O/c1-2-13(6-3-7-13)16-11-5-4-9(14)8-10(11)12(15)17/h4-5,8,16H,2-3,6-7,14H2,1H3,(H2,15,17). The van der Waals surface area contributed by atoms with Crippen molar-refractivity contribution in [1.29, 1.82) is 0 Å². The number of primary amides is 1. The van der Waals surface area contributed by atoms with E-state index in [2.05, 4.69) is 12.2 Å². The lowest BCUT2D eigenvalue weighted by Crippen LogP contribution is -2.44. The van der Waals surface area contributed by atoms with E-state index >= 15 is 0 Å². The van der Waals surface area contributed by atoms with Crippen LogP contribution in [0.15, 0.2) is 18.2 Å². The molecule has 0 bridgehead atoms. The van der Waals surface area contributed by atoms with E-state index in [9.17, 15) is 4.79 Å². The van der Waals surface area contributed by atoms with Crippen LogP contribution in [-0.2, 0) is 0 Å². The van der Waals surface area contributed by atoms with Crippen LogP contribution in [0.25, 0.3) is 0 Å². The van der Waals surface area contributed by atoms with Gasteiger partial charge in [0.2, 0.25) is 0 Å². The Kier molecular flexibility index (Phi) is 2.96. The maximum Gasteiger partial charge on any atom is 0.250 e. The molecule has 0 aromatic heterocycles. The monoisotopic (exact) mass is 233 g/mol. The highest BCUT2D eigenvalue weighted by Crippen LogP contribution is 2.38. The van der Waals surface area contributed by atoms with Gasteiger partial charge >= 0.3 is 0 Å². The molecule has 1 amide bonds. The predicted octanol–water partition coefficient (Wildman–Crippen LogP) is 2.11. The molecule has 92 valence electrons. The van der Waals surface area contributed by atoms with E-state index in [1.165, 1.54) is 6.42 Å². The lowest BCUT2D eigenvalue weighted by molar-refractivity contribution is 0.100. The van der Waals surface area contributed by atoms with E-state index in [4.69, 9.17) is 11.5 Å². The number of benzene rings is 1. The van der Waals surface area contributed by atoms with Crippen LogP contribution in [0.1, 0.15) is 43.0 Å². The number of carbonyl (C=O) groups excluding carboxylic acids is 1. The number of nitrogen functional groups attached to an aromatic ring is 1. The van der Waals surface area contributed by atoms with Crippen LogP contribution in [-0.4, -0.2) is 11.4 Å². The van der Waals surface area contributed by atoms with Gasteiger partial charge < -0.3 is 16.8 Å². The van der Waals surface area contributed by atoms with Gasteiger partial charge in [0, 0.05) is 16.9 Å². The molecular formula is C13H19N3O. The van der Waals surface area contributed by atoms with Gasteiger partial charge in [0.15, 0.2) is 0 Å². The molecule has 4 heteroatoms. The third kappa shape index (κ3) is 2.20. The SMILES string of the molecule is CCC1(Nc2ccc(N)cc2C(N)=O)CCC1. The highest BCUT2D eigenvalue weighted by atomic mass is 16.1. The summed E-state index contributed by atoms with van der Waals surface area (Å²) in [7, 11) is 0. The second-order valence-electron chi connectivity index (χ2n) is 4.78. The smallest absolute Gasteiger partial charge is 0.250 e. The molecule has 1 fully saturated rings. The predicted molar refractivity (Wildman–Crippen MR) is 69.9 cm³/mol. The van der Waals surface area contributed by atoms with Crippen molar-refractivity contribution in [2.75, 3.05) is 11.1 Å². The van der Waals surface area contributed by atoms with E-state index in [-0.39, 0.29) is 5.54 Å². The molecule has 0 spiro atoms. The number of carbonyl (C=O) groups is 1. The van der Waals surface area contributed by atoms with Crippen LogP contribution < -0.4 is 16.8 Å². The van der Waals surface area contributed by atoms with Crippen LogP contribution in [0.2, 0.25) is 0 Å². The van der Waals surface area contributed by atoms with Crippen LogP contribution in [0.5, 0.6) is 0 Å². The highest BCUT2D eigenvalue weighted by Gasteiger charge is 2.35. The molecule has 1 aromatic rings. The fourth-order valence-corrected chi connectivity index (χ4v) is 2.33. The Morgan fingerprint density at radius 3 is 2.65 bits per heavy atom. The molecule has 0 unspecified atom stereocenters. The minimum absolute atomic E-state index is 0.139. The molecule has 0 heterocycles. The van der Waals surface area contributed by atoms with E-state index in [1.807, 2.05) is 6.07 Å². The Morgan fingerprint density at radius 1 is 1.47 bits per heavy atom. The quantitative estimate of drug-likeness (QED) is 0.697. The topological polar surface area (TPSA) is 81.1 Å². The number of nitrogens with two attached hydrogens (primary N) is 2. The Balaban J connectivity index is 2.29. The molecule has 2 rings (SSSR count). The van der Waals surface area contributed by atoms with E-state index < -0.39 is 5.91 Å². The summed E-state index contributed by atoms with van der Waals surface area (Å²) in [6.45, 7) is 2.16. The Hall–Kier alpha value is -1.71. The molecule has 1 aliphatic carbocycles. The number of anilines is 2. The van der Waals surface area contributed by atoms with Crippen molar-refractivity contribution in [2.24, 2.45) is 5.73 Å². The van der Waals surface area contributed by atoms with Gasteiger partial charge in [-0.15, -0.1) is 0 Å². The van der Waals surface area contributed by atoms with Crippen LogP contribution in [0.4, 0.5) is 11.4 Å². The molecule has 0 aliphatic heterocycles. The third-order valence-corrected chi connectivity index (χ3v) is 3.70. The molecule has 0 atom stereocenters. The van der Waals surface area contributed by atoms with Crippen LogP contribution in [0.3, 0.4) is 0 Å². The number of hydrogen-bond donors (Lipinski definition) is 3.